The Hall–Kier alpha value is -2.70. The molecule has 0 N–H and O–H groups in total. The molecule has 1 aliphatic rings. The Kier molecular flexibility index (Phi) is 5.68. The van der Waals surface area contributed by atoms with E-state index in [1.807, 2.05) is 13.0 Å². The van der Waals surface area contributed by atoms with E-state index >= 15 is 0 Å². The van der Waals surface area contributed by atoms with Crippen LogP contribution in [-0.2, 0) is 9.53 Å². The Morgan fingerprint density at radius 2 is 2.04 bits per heavy atom. The molecule has 0 saturated heterocycles. The van der Waals surface area contributed by atoms with Gasteiger partial charge in [0.25, 0.3) is 5.69 Å². The number of non-ortho nitro benzene ring substituents is 1. The SMILES string of the molecule is C[C@@]1(C=O)CC/C=C/C(OC(=O)Oc2ccc([N+](=O)[O-])cc2)CC1. The second-order valence-corrected chi connectivity index (χ2v) is 6.04. The standard InChI is InChI=1S/C17H19NO6/c1-17(12-19)10-3-2-4-14(9-11-17)23-16(20)24-15-7-5-13(6-8-15)18(21)22/h2,4-8,12,14H,3,9-11H2,1H3/b4-2+/t14?,17-/m1/s1. The van der Waals surface area contributed by atoms with Gasteiger partial charge in [-0.3, -0.25) is 10.1 Å². The highest BCUT2D eigenvalue weighted by molar-refractivity contribution is 5.64. The number of rotatable bonds is 4. The molecule has 1 aromatic rings. The molecule has 24 heavy (non-hydrogen) atoms. The number of carbonyl (C=O) groups excluding carboxylic acids is 2. The van der Waals surface area contributed by atoms with Crippen molar-refractivity contribution >= 4 is 18.1 Å². The van der Waals surface area contributed by atoms with Crippen molar-refractivity contribution in [1.82, 2.24) is 0 Å². The summed E-state index contributed by atoms with van der Waals surface area (Å²) < 4.78 is 10.3. The summed E-state index contributed by atoms with van der Waals surface area (Å²) in [5.74, 6) is 0.165. The first-order chi connectivity index (χ1) is 11.4. The average molecular weight is 333 g/mol. The molecular weight excluding hydrogens is 314 g/mol. The van der Waals surface area contributed by atoms with Crippen molar-refractivity contribution in [2.24, 2.45) is 5.41 Å². The Morgan fingerprint density at radius 1 is 1.33 bits per heavy atom. The van der Waals surface area contributed by atoms with E-state index in [9.17, 15) is 19.7 Å². The van der Waals surface area contributed by atoms with Crippen LogP contribution >= 0.6 is 0 Å². The molecule has 0 fully saturated rings. The Labute approximate surface area is 139 Å². The van der Waals surface area contributed by atoms with E-state index in [0.717, 1.165) is 19.1 Å². The van der Waals surface area contributed by atoms with Crippen LogP contribution in [0.5, 0.6) is 5.75 Å². The minimum absolute atomic E-state index is 0.0909. The molecular formula is C17H19NO6. The highest BCUT2D eigenvalue weighted by atomic mass is 16.7. The highest BCUT2D eigenvalue weighted by Gasteiger charge is 2.26. The number of carbonyl (C=O) groups is 2. The Bertz CT molecular complexity index is 639. The maximum atomic E-state index is 11.8. The summed E-state index contributed by atoms with van der Waals surface area (Å²) in [4.78, 5) is 33.1. The van der Waals surface area contributed by atoms with Gasteiger partial charge in [-0.05, 0) is 43.9 Å². The van der Waals surface area contributed by atoms with Crippen molar-refractivity contribution < 1.29 is 24.0 Å². The van der Waals surface area contributed by atoms with Crippen LogP contribution in [0.15, 0.2) is 36.4 Å². The summed E-state index contributed by atoms with van der Waals surface area (Å²) in [5.41, 5.74) is -0.499. The molecule has 0 radical (unpaired) electrons. The van der Waals surface area contributed by atoms with Crippen LogP contribution in [0.25, 0.3) is 0 Å². The van der Waals surface area contributed by atoms with Gasteiger partial charge in [-0.2, -0.15) is 0 Å². The third kappa shape index (κ3) is 4.91. The molecule has 0 saturated carbocycles. The quantitative estimate of drug-likeness (QED) is 0.208. The third-order valence-corrected chi connectivity index (χ3v) is 4.01. The van der Waals surface area contributed by atoms with Gasteiger partial charge in [0, 0.05) is 17.5 Å². The van der Waals surface area contributed by atoms with Gasteiger partial charge in [-0.1, -0.05) is 13.0 Å². The molecule has 0 bridgehead atoms. The van der Waals surface area contributed by atoms with Crippen LogP contribution in [0.1, 0.15) is 32.6 Å². The summed E-state index contributed by atoms with van der Waals surface area (Å²) >= 11 is 0. The first-order valence-electron chi connectivity index (χ1n) is 7.68. The third-order valence-electron chi connectivity index (χ3n) is 4.01. The van der Waals surface area contributed by atoms with E-state index in [0.29, 0.717) is 12.8 Å². The van der Waals surface area contributed by atoms with Gasteiger partial charge in [-0.15, -0.1) is 0 Å². The van der Waals surface area contributed by atoms with Gasteiger partial charge in [0.1, 0.15) is 18.1 Å². The van der Waals surface area contributed by atoms with Gasteiger partial charge in [0.15, 0.2) is 0 Å². The van der Waals surface area contributed by atoms with E-state index < -0.39 is 22.6 Å². The van der Waals surface area contributed by atoms with Gasteiger partial charge < -0.3 is 14.3 Å². The van der Waals surface area contributed by atoms with Crippen molar-refractivity contribution in [3.8, 4) is 5.75 Å². The predicted molar refractivity (Wildman–Crippen MR) is 85.8 cm³/mol. The van der Waals surface area contributed by atoms with E-state index in [1.165, 1.54) is 24.3 Å². The minimum Gasteiger partial charge on any atom is -0.426 e. The molecule has 1 unspecified atom stereocenters. The molecule has 0 amide bonds. The lowest BCUT2D eigenvalue weighted by molar-refractivity contribution is -0.384. The summed E-state index contributed by atoms with van der Waals surface area (Å²) in [6.07, 6.45) is 5.96. The fraction of sp³-hybridized carbons (Fsp3) is 0.412. The lowest BCUT2D eigenvalue weighted by Gasteiger charge is -2.26. The zero-order valence-corrected chi connectivity index (χ0v) is 13.3. The summed E-state index contributed by atoms with van der Waals surface area (Å²) in [6, 6.07) is 5.15. The summed E-state index contributed by atoms with van der Waals surface area (Å²) in [7, 11) is 0. The van der Waals surface area contributed by atoms with Crippen LogP contribution in [0, 0.1) is 15.5 Å². The fourth-order valence-electron chi connectivity index (χ4n) is 2.45. The Balaban J connectivity index is 1.92. The number of hydrogen-bond donors (Lipinski definition) is 0. The van der Waals surface area contributed by atoms with Crippen LogP contribution < -0.4 is 4.74 Å². The number of nitro benzene ring substituents is 1. The fourth-order valence-corrected chi connectivity index (χ4v) is 2.45. The zero-order chi connectivity index (χ0) is 17.6. The molecule has 7 nitrogen and oxygen atoms in total. The van der Waals surface area contributed by atoms with Gasteiger partial charge in [0.05, 0.1) is 4.92 Å². The molecule has 1 aliphatic carbocycles. The molecule has 0 aromatic heterocycles. The number of benzene rings is 1. The number of aldehydes is 1. The number of nitrogens with zero attached hydrogens (tertiary/aromatic N) is 1. The number of allylic oxidation sites excluding steroid dienone is 1. The van der Waals surface area contributed by atoms with Crippen molar-refractivity contribution in [3.05, 3.63) is 46.5 Å². The van der Waals surface area contributed by atoms with Gasteiger partial charge in [-0.25, -0.2) is 4.79 Å². The molecule has 2 atom stereocenters. The molecule has 1 aromatic carbocycles. The van der Waals surface area contributed by atoms with Crippen LogP contribution in [0.3, 0.4) is 0 Å². The first kappa shape index (κ1) is 17.7. The van der Waals surface area contributed by atoms with E-state index in [2.05, 4.69) is 0 Å². The molecule has 7 heteroatoms. The molecule has 128 valence electrons. The van der Waals surface area contributed by atoms with Gasteiger partial charge >= 0.3 is 6.16 Å². The molecule has 0 spiro atoms. The number of nitro groups is 1. The smallest absolute Gasteiger partial charge is 0.426 e. The van der Waals surface area contributed by atoms with Crippen molar-refractivity contribution in [1.29, 1.82) is 0 Å². The normalized spacial score (nSPS) is 25.0. The topological polar surface area (TPSA) is 95.7 Å². The Morgan fingerprint density at radius 3 is 2.67 bits per heavy atom. The molecule has 2 rings (SSSR count). The van der Waals surface area contributed by atoms with Crippen molar-refractivity contribution in [2.45, 2.75) is 38.7 Å². The average Bonchev–Trinajstić information content (AvgIpc) is 2.55. The second-order valence-electron chi connectivity index (χ2n) is 6.04. The molecule has 0 aliphatic heterocycles. The zero-order valence-electron chi connectivity index (χ0n) is 13.3. The van der Waals surface area contributed by atoms with Gasteiger partial charge in [0.2, 0.25) is 0 Å². The maximum Gasteiger partial charge on any atom is 0.514 e. The van der Waals surface area contributed by atoms with Crippen molar-refractivity contribution in [3.63, 3.8) is 0 Å². The van der Waals surface area contributed by atoms with E-state index in [4.69, 9.17) is 9.47 Å². The first-order valence-corrected chi connectivity index (χ1v) is 7.68. The highest BCUT2D eigenvalue weighted by Crippen LogP contribution is 2.30. The summed E-state index contributed by atoms with van der Waals surface area (Å²) in [5, 5.41) is 10.6. The van der Waals surface area contributed by atoms with E-state index in [1.54, 1.807) is 6.08 Å². The number of ether oxygens (including phenoxy) is 2. The second kappa shape index (κ2) is 7.72. The minimum atomic E-state index is -0.883. The van der Waals surface area contributed by atoms with Crippen molar-refractivity contribution in [2.75, 3.05) is 0 Å². The van der Waals surface area contributed by atoms with Crippen LogP contribution in [0.2, 0.25) is 0 Å². The lowest BCUT2D eigenvalue weighted by atomic mass is 9.80. The largest absolute Gasteiger partial charge is 0.514 e. The monoisotopic (exact) mass is 333 g/mol. The maximum absolute atomic E-state index is 11.8. The predicted octanol–water partition coefficient (Wildman–Crippen LogP) is 3.81. The number of hydrogen-bond acceptors (Lipinski definition) is 6. The van der Waals surface area contributed by atoms with Crippen LogP contribution in [0.4, 0.5) is 10.5 Å². The van der Waals surface area contributed by atoms with Crippen LogP contribution in [-0.4, -0.2) is 23.5 Å². The lowest BCUT2D eigenvalue weighted by Crippen LogP contribution is -2.25. The molecule has 0 heterocycles. The summed E-state index contributed by atoms with van der Waals surface area (Å²) in [6.45, 7) is 1.89. The van der Waals surface area contributed by atoms with E-state index in [-0.39, 0.29) is 11.4 Å².